The molecule has 2 amide bonds. The van der Waals surface area contributed by atoms with Gasteiger partial charge in [-0.25, -0.2) is 13.9 Å². The highest BCUT2D eigenvalue weighted by Gasteiger charge is 2.34. The Hall–Kier alpha value is -3.59. The highest BCUT2D eigenvalue weighted by molar-refractivity contribution is 6.31. The molecule has 0 unspecified atom stereocenters. The van der Waals surface area contributed by atoms with Crippen LogP contribution in [0.15, 0.2) is 48.7 Å². The van der Waals surface area contributed by atoms with Crippen molar-refractivity contribution in [2.75, 3.05) is 44.2 Å². The number of likely N-dealkylation sites (tertiary alicyclic amines) is 1. The number of carbonyl (C=O) groups excluding carboxylic acids is 2. The van der Waals surface area contributed by atoms with Crippen molar-refractivity contribution in [1.82, 2.24) is 19.6 Å². The topological polar surface area (TPSA) is 70.9 Å². The molecule has 0 bridgehead atoms. The summed E-state index contributed by atoms with van der Waals surface area (Å²) in [5.74, 6) is -0.340. The quantitative estimate of drug-likeness (QED) is 0.375. The number of anilines is 1. The van der Waals surface area contributed by atoms with Crippen LogP contribution in [0.3, 0.4) is 0 Å². The van der Waals surface area contributed by atoms with E-state index in [4.69, 9.17) is 21.4 Å². The average Bonchev–Trinajstić information content (AvgIpc) is 3.38. The number of hydrogen-bond acceptors (Lipinski definition) is 5. The van der Waals surface area contributed by atoms with Crippen molar-refractivity contribution in [2.45, 2.75) is 52.1 Å². The molecule has 2 aliphatic rings. The maximum atomic E-state index is 14.4. The number of carbonyl (C=O) groups is 2. The van der Waals surface area contributed by atoms with E-state index >= 15 is 0 Å². The first-order valence-electron chi connectivity index (χ1n) is 14.1. The number of ether oxygens (including phenoxy) is 1. The van der Waals surface area contributed by atoms with Crippen LogP contribution in [0, 0.1) is 12.7 Å². The van der Waals surface area contributed by atoms with Gasteiger partial charge >= 0.3 is 6.09 Å². The van der Waals surface area contributed by atoms with Gasteiger partial charge in [0.1, 0.15) is 11.4 Å². The van der Waals surface area contributed by atoms with Gasteiger partial charge in [-0.05, 0) is 70.4 Å². The number of halogens is 2. The van der Waals surface area contributed by atoms with Crippen LogP contribution in [0.25, 0.3) is 5.69 Å². The summed E-state index contributed by atoms with van der Waals surface area (Å²) in [6, 6.07) is 12.4. The number of aromatic nitrogens is 2. The highest BCUT2D eigenvalue weighted by atomic mass is 35.5. The Morgan fingerprint density at radius 2 is 1.59 bits per heavy atom. The van der Waals surface area contributed by atoms with Crippen LogP contribution in [0.5, 0.6) is 0 Å². The number of rotatable bonds is 4. The zero-order valence-electron chi connectivity index (χ0n) is 24.1. The third-order valence-electron chi connectivity index (χ3n) is 7.80. The van der Waals surface area contributed by atoms with Crippen molar-refractivity contribution in [3.05, 3.63) is 76.3 Å². The molecule has 10 heteroatoms. The summed E-state index contributed by atoms with van der Waals surface area (Å²) in [5, 5.41) is 5.33. The van der Waals surface area contributed by atoms with Gasteiger partial charge in [-0.2, -0.15) is 5.10 Å². The van der Waals surface area contributed by atoms with E-state index in [9.17, 15) is 14.0 Å². The number of hydrogen-bond donors (Lipinski definition) is 0. The van der Waals surface area contributed by atoms with Gasteiger partial charge in [-0.1, -0.05) is 29.8 Å². The molecule has 41 heavy (non-hydrogen) atoms. The van der Waals surface area contributed by atoms with Crippen molar-refractivity contribution in [2.24, 2.45) is 0 Å². The summed E-state index contributed by atoms with van der Waals surface area (Å²) in [6.07, 6.45) is 2.68. The summed E-state index contributed by atoms with van der Waals surface area (Å²) < 4.78 is 21.8. The van der Waals surface area contributed by atoms with E-state index in [1.54, 1.807) is 23.2 Å². The monoisotopic (exact) mass is 581 g/mol. The third kappa shape index (κ3) is 6.20. The molecule has 3 heterocycles. The fourth-order valence-electron chi connectivity index (χ4n) is 5.62. The van der Waals surface area contributed by atoms with E-state index in [-0.39, 0.29) is 23.7 Å². The van der Waals surface area contributed by atoms with Crippen LogP contribution < -0.4 is 4.90 Å². The Balaban J connectivity index is 1.39. The molecule has 0 saturated carbocycles. The van der Waals surface area contributed by atoms with Crippen molar-refractivity contribution >= 4 is 29.3 Å². The van der Waals surface area contributed by atoms with Gasteiger partial charge in [0, 0.05) is 50.2 Å². The molecule has 2 aliphatic heterocycles. The van der Waals surface area contributed by atoms with Crippen LogP contribution in [0.1, 0.15) is 61.1 Å². The molecule has 1 aromatic heterocycles. The largest absolute Gasteiger partial charge is 0.444 e. The Morgan fingerprint density at radius 3 is 2.24 bits per heavy atom. The molecule has 218 valence electrons. The molecule has 0 N–H and O–H groups in total. The molecule has 3 aromatic rings. The smallest absolute Gasteiger partial charge is 0.410 e. The number of benzene rings is 2. The van der Waals surface area contributed by atoms with Crippen molar-refractivity contribution < 1.29 is 18.7 Å². The van der Waals surface area contributed by atoms with E-state index in [1.807, 2.05) is 66.4 Å². The van der Waals surface area contributed by atoms with Crippen LogP contribution in [-0.2, 0) is 4.74 Å². The molecule has 0 atom stereocenters. The zero-order chi connectivity index (χ0) is 29.3. The first-order valence-corrected chi connectivity index (χ1v) is 14.5. The molecular formula is C31H37ClFN5O3. The first kappa shape index (κ1) is 28.9. The minimum Gasteiger partial charge on any atom is -0.444 e. The SMILES string of the molecule is Cc1c(Cl)cccc1-n1ncc(C(=O)N2CCN(c3ccccc3F)CC2)c1C1CCN(C(=O)OC(C)(C)C)CC1. The number of amides is 2. The second kappa shape index (κ2) is 11.7. The standard InChI is InChI=1S/C31H37ClFN5O3/c1-21-24(32)8-7-11-26(21)38-28(22-12-14-37(15-13-22)30(40)41-31(2,3)4)23(20-34-38)29(39)36-18-16-35(17-19-36)27-10-6-5-9-25(27)33/h5-11,20,22H,12-19H2,1-4H3. The second-order valence-electron chi connectivity index (χ2n) is 11.7. The lowest BCUT2D eigenvalue weighted by molar-refractivity contribution is 0.0203. The minimum atomic E-state index is -0.563. The zero-order valence-corrected chi connectivity index (χ0v) is 24.8. The fraction of sp³-hybridized carbons (Fsp3) is 0.452. The van der Waals surface area contributed by atoms with E-state index in [0.717, 1.165) is 16.9 Å². The summed E-state index contributed by atoms with van der Waals surface area (Å²) in [6.45, 7) is 10.6. The lowest BCUT2D eigenvalue weighted by Gasteiger charge is -2.37. The van der Waals surface area contributed by atoms with Crippen LogP contribution >= 0.6 is 11.6 Å². The maximum absolute atomic E-state index is 14.4. The van der Waals surface area contributed by atoms with Gasteiger partial charge in [0.2, 0.25) is 0 Å². The maximum Gasteiger partial charge on any atom is 0.410 e. The van der Waals surface area contributed by atoms with Gasteiger partial charge in [0.25, 0.3) is 5.91 Å². The summed E-state index contributed by atoms with van der Waals surface area (Å²) in [7, 11) is 0. The van der Waals surface area contributed by atoms with E-state index in [0.29, 0.717) is 68.4 Å². The predicted octanol–water partition coefficient (Wildman–Crippen LogP) is 6.05. The highest BCUT2D eigenvalue weighted by Crippen LogP contribution is 2.35. The average molecular weight is 582 g/mol. The van der Waals surface area contributed by atoms with Crippen LogP contribution in [0.2, 0.25) is 5.02 Å². The fourth-order valence-corrected chi connectivity index (χ4v) is 5.79. The predicted molar refractivity (Wildman–Crippen MR) is 158 cm³/mol. The first-order chi connectivity index (χ1) is 19.5. The van der Waals surface area contributed by atoms with E-state index in [2.05, 4.69) is 0 Å². The van der Waals surface area contributed by atoms with E-state index in [1.165, 1.54) is 6.07 Å². The van der Waals surface area contributed by atoms with Gasteiger partial charge in [0.05, 0.1) is 28.8 Å². The number of piperidine rings is 1. The van der Waals surface area contributed by atoms with E-state index < -0.39 is 5.60 Å². The van der Waals surface area contributed by atoms with Crippen molar-refractivity contribution in [3.8, 4) is 5.69 Å². The van der Waals surface area contributed by atoms with Gasteiger partial charge < -0.3 is 19.4 Å². The molecule has 2 aromatic carbocycles. The normalized spacial score (nSPS) is 16.7. The van der Waals surface area contributed by atoms with Crippen molar-refractivity contribution in [3.63, 3.8) is 0 Å². The number of nitrogens with zero attached hydrogens (tertiary/aromatic N) is 5. The molecule has 0 radical (unpaired) electrons. The third-order valence-corrected chi connectivity index (χ3v) is 8.21. The summed E-state index contributed by atoms with van der Waals surface area (Å²) in [4.78, 5) is 32.2. The van der Waals surface area contributed by atoms with Crippen LogP contribution in [0.4, 0.5) is 14.9 Å². The Kier molecular flexibility index (Phi) is 8.27. The van der Waals surface area contributed by atoms with Gasteiger partial charge in [-0.3, -0.25) is 4.79 Å². The molecule has 8 nitrogen and oxygen atoms in total. The molecule has 5 rings (SSSR count). The minimum absolute atomic E-state index is 0.00761. The lowest BCUT2D eigenvalue weighted by atomic mass is 9.90. The second-order valence-corrected chi connectivity index (χ2v) is 12.1. The lowest BCUT2D eigenvalue weighted by Crippen LogP contribution is -2.49. The summed E-state index contributed by atoms with van der Waals surface area (Å²) >= 11 is 6.47. The molecule has 2 saturated heterocycles. The number of para-hydroxylation sites is 1. The number of piperazine rings is 1. The Morgan fingerprint density at radius 1 is 0.927 bits per heavy atom. The molecule has 2 fully saturated rings. The molecule has 0 spiro atoms. The Labute approximate surface area is 245 Å². The van der Waals surface area contributed by atoms with Gasteiger partial charge in [0.15, 0.2) is 0 Å². The summed E-state index contributed by atoms with van der Waals surface area (Å²) in [5.41, 5.74) is 3.08. The molecule has 0 aliphatic carbocycles. The van der Waals surface area contributed by atoms with Crippen molar-refractivity contribution in [1.29, 1.82) is 0 Å². The molecular weight excluding hydrogens is 545 g/mol. The Bertz CT molecular complexity index is 1420. The van der Waals surface area contributed by atoms with Crippen LogP contribution in [-0.4, -0.2) is 76.5 Å². The van der Waals surface area contributed by atoms with Gasteiger partial charge in [-0.15, -0.1) is 0 Å².